The van der Waals surface area contributed by atoms with Crippen molar-refractivity contribution in [2.45, 2.75) is 52.6 Å². The summed E-state index contributed by atoms with van der Waals surface area (Å²) < 4.78 is 5.38. The predicted octanol–water partition coefficient (Wildman–Crippen LogP) is 1.66. The van der Waals surface area contributed by atoms with Gasteiger partial charge in [-0.3, -0.25) is 4.79 Å². The number of nitrogens with zero attached hydrogens (tertiary/aromatic N) is 4. The van der Waals surface area contributed by atoms with Crippen LogP contribution < -0.4 is 20.9 Å². The highest BCUT2D eigenvalue weighted by Crippen LogP contribution is 2.31. The molecule has 0 aliphatic heterocycles. The minimum Gasteiger partial charge on any atom is -0.530 e. The van der Waals surface area contributed by atoms with Crippen molar-refractivity contribution in [3.63, 3.8) is 0 Å². The number of aryl methyl sites for hydroxylation is 1. The van der Waals surface area contributed by atoms with Crippen LogP contribution >= 0.6 is 0 Å². The summed E-state index contributed by atoms with van der Waals surface area (Å²) in [7, 11) is 5.56. The lowest BCUT2D eigenvalue weighted by atomic mass is 10.0. The molecule has 0 saturated carbocycles. The maximum atomic E-state index is 12.9. The Labute approximate surface area is 194 Å². The quantitative estimate of drug-likeness (QED) is 0.662. The van der Waals surface area contributed by atoms with E-state index in [1.165, 1.54) is 0 Å². The van der Waals surface area contributed by atoms with Crippen LogP contribution in [-0.4, -0.2) is 72.1 Å². The van der Waals surface area contributed by atoms with Crippen molar-refractivity contribution < 1.29 is 19.1 Å². The molecule has 10 heteroatoms. The number of amides is 2. The third kappa shape index (κ3) is 5.81. The third-order valence-corrected chi connectivity index (χ3v) is 5.31. The second-order valence-electron chi connectivity index (χ2n) is 9.96. The zero-order valence-electron chi connectivity index (χ0n) is 20.9. The Morgan fingerprint density at radius 1 is 1.09 bits per heavy atom. The number of anilines is 2. The molecule has 0 unspecified atom stereocenters. The Balaban J connectivity index is 2.43. The van der Waals surface area contributed by atoms with Gasteiger partial charge < -0.3 is 34.3 Å². The maximum Gasteiger partial charge on any atom is 0.348 e. The molecule has 0 aliphatic rings. The molecule has 10 nitrogen and oxygen atoms in total. The summed E-state index contributed by atoms with van der Waals surface area (Å²) in [5, 5.41) is 14.9. The fraction of sp³-hybridized carbons (Fsp3) is 0.565. The van der Waals surface area contributed by atoms with Gasteiger partial charge in [-0.25, -0.2) is 4.79 Å². The summed E-state index contributed by atoms with van der Waals surface area (Å²) in [6, 6.07) is 3.05. The Bertz CT molecular complexity index is 1100. The lowest BCUT2D eigenvalue weighted by molar-refractivity contribution is -0.247. The monoisotopic (exact) mass is 460 g/mol. The number of likely N-dealkylation sites (N-methyl/N-ethyl adjacent to an activating group) is 2. The van der Waals surface area contributed by atoms with Gasteiger partial charge in [0.1, 0.15) is 11.6 Å². The predicted molar refractivity (Wildman–Crippen MR) is 127 cm³/mol. The number of carbonyl (C=O) groups excluding carboxylic acids is 2. The first-order valence-corrected chi connectivity index (χ1v) is 10.7. The number of rotatable bonds is 7. The van der Waals surface area contributed by atoms with Gasteiger partial charge in [0.15, 0.2) is 0 Å². The number of benzene rings is 1. The minimum absolute atomic E-state index is 0.0911. The second kappa shape index (κ2) is 9.38. The van der Waals surface area contributed by atoms with E-state index in [2.05, 4.69) is 10.3 Å². The van der Waals surface area contributed by atoms with Gasteiger partial charge in [-0.15, -0.1) is 0 Å². The summed E-state index contributed by atoms with van der Waals surface area (Å²) in [5.74, 6) is -0.185. The van der Waals surface area contributed by atoms with E-state index < -0.39 is 22.8 Å². The number of nitrogens with one attached hydrogen (secondary N) is 1. The van der Waals surface area contributed by atoms with E-state index in [1.54, 1.807) is 65.6 Å². The van der Waals surface area contributed by atoms with Crippen molar-refractivity contribution in [3.8, 4) is 0 Å². The molecule has 0 radical (unpaired) electrons. The highest BCUT2D eigenvalue weighted by molar-refractivity contribution is 5.94. The molecule has 0 aliphatic carbocycles. The van der Waals surface area contributed by atoms with Gasteiger partial charge in [-0.05, 0) is 73.3 Å². The maximum absolute atomic E-state index is 12.9. The standard InChI is InChI=1S/C23H35N5O5/c1-14-16(28(21(31)32)22(2,3)4)11-10-15-17(14)18(29)33-20(24-15)25-23(5,6)19(30)27(9)13-12-26(7)8/h10-11H,12-13H2,1-9H3,(H,24,25)(H,31,32)/p-1. The molecule has 2 aromatic rings. The van der Waals surface area contributed by atoms with Crippen molar-refractivity contribution in [1.29, 1.82) is 0 Å². The van der Waals surface area contributed by atoms with Crippen LogP contribution in [-0.2, 0) is 4.79 Å². The summed E-state index contributed by atoms with van der Waals surface area (Å²) in [5.41, 5.74) is -1.48. The van der Waals surface area contributed by atoms with Crippen LogP contribution in [0.3, 0.4) is 0 Å². The van der Waals surface area contributed by atoms with E-state index in [9.17, 15) is 19.5 Å². The minimum atomic E-state index is -1.38. The Hall–Kier alpha value is -3.14. The van der Waals surface area contributed by atoms with Gasteiger partial charge in [-0.1, -0.05) is 0 Å². The molecule has 2 rings (SSSR count). The molecule has 1 heterocycles. The summed E-state index contributed by atoms with van der Waals surface area (Å²) in [6.45, 7) is 11.4. The van der Waals surface area contributed by atoms with Crippen LogP contribution in [0.5, 0.6) is 0 Å². The van der Waals surface area contributed by atoms with Crippen molar-refractivity contribution >= 4 is 34.6 Å². The van der Waals surface area contributed by atoms with Crippen LogP contribution in [0.1, 0.15) is 40.2 Å². The first-order chi connectivity index (χ1) is 15.1. The molecular formula is C23H34N5O5-. The van der Waals surface area contributed by atoms with Crippen molar-refractivity contribution in [3.05, 3.63) is 28.1 Å². The van der Waals surface area contributed by atoms with Crippen LogP contribution in [0, 0.1) is 6.92 Å². The molecule has 1 aromatic carbocycles. The van der Waals surface area contributed by atoms with Gasteiger partial charge in [0.05, 0.1) is 10.9 Å². The normalized spacial score (nSPS) is 12.2. The molecule has 2 amide bonds. The summed E-state index contributed by atoms with van der Waals surface area (Å²) >= 11 is 0. The number of fused-ring (bicyclic) bond motifs is 1. The van der Waals surface area contributed by atoms with Crippen LogP contribution in [0.15, 0.2) is 21.3 Å². The third-order valence-electron chi connectivity index (χ3n) is 5.31. The van der Waals surface area contributed by atoms with E-state index in [0.717, 1.165) is 4.90 Å². The number of hydrogen-bond donors (Lipinski definition) is 1. The Kier molecular flexibility index (Phi) is 7.43. The second-order valence-corrected chi connectivity index (χ2v) is 9.96. The lowest BCUT2D eigenvalue weighted by Gasteiger charge is -2.38. The zero-order chi connectivity index (χ0) is 25.3. The number of hydrogen-bond acceptors (Lipinski definition) is 8. The largest absolute Gasteiger partial charge is 0.530 e. The molecule has 1 aromatic heterocycles. The van der Waals surface area contributed by atoms with Gasteiger partial charge >= 0.3 is 5.63 Å². The lowest BCUT2D eigenvalue weighted by Crippen LogP contribution is -2.52. The van der Waals surface area contributed by atoms with E-state index in [4.69, 9.17) is 4.42 Å². The summed E-state index contributed by atoms with van der Waals surface area (Å²) in [4.78, 5) is 46.6. The average Bonchev–Trinajstić information content (AvgIpc) is 2.65. The number of carboxylic acid groups (broad SMARTS) is 1. The van der Waals surface area contributed by atoms with E-state index >= 15 is 0 Å². The van der Waals surface area contributed by atoms with Crippen molar-refractivity contribution in [2.24, 2.45) is 0 Å². The van der Waals surface area contributed by atoms with Gasteiger partial charge in [0, 0.05) is 31.4 Å². The van der Waals surface area contributed by atoms with E-state index in [-0.39, 0.29) is 17.3 Å². The molecular weight excluding hydrogens is 426 g/mol. The van der Waals surface area contributed by atoms with Crippen molar-refractivity contribution in [2.75, 3.05) is 44.4 Å². The Morgan fingerprint density at radius 2 is 1.70 bits per heavy atom. The molecule has 33 heavy (non-hydrogen) atoms. The number of carbonyl (C=O) groups is 2. The van der Waals surface area contributed by atoms with Crippen LogP contribution in [0.2, 0.25) is 0 Å². The average molecular weight is 461 g/mol. The SMILES string of the molecule is Cc1c(N(C(=O)[O-])C(C)(C)C)ccc2nc(NC(C)(C)C(=O)N(C)CCN(C)C)oc(=O)c12. The zero-order valence-corrected chi connectivity index (χ0v) is 20.9. The fourth-order valence-corrected chi connectivity index (χ4v) is 3.59. The summed E-state index contributed by atoms with van der Waals surface area (Å²) in [6.07, 6.45) is -1.38. The Morgan fingerprint density at radius 3 is 2.21 bits per heavy atom. The smallest absolute Gasteiger partial charge is 0.348 e. The van der Waals surface area contributed by atoms with Gasteiger partial charge in [0.25, 0.3) is 6.01 Å². The van der Waals surface area contributed by atoms with E-state index in [0.29, 0.717) is 29.9 Å². The van der Waals surface area contributed by atoms with Crippen LogP contribution in [0.25, 0.3) is 10.9 Å². The molecule has 0 bridgehead atoms. The number of aromatic nitrogens is 1. The molecule has 0 fully saturated rings. The molecule has 1 N–H and O–H groups in total. The molecule has 182 valence electrons. The highest BCUT2D eigenvalue weighted by Gasteiger charge is 2.32. The van der Waals surface area contributed by atoms with Crippen LogP contribution in [0.4, 0.5) is 16.5 Å². The fourth-order valence-electron chi connectivity index (χ4n) is 3.59. The topological polar surface area (TPSA) is 122 Å². The first-order valence-electron chi connectivity index (χ1n) is 10.7. The highest BCUT2D eigenvalue weighted by atomic mass is 16.4. The first kappa shape index (κ1) is 26.1. The molecule has 0 spiro atoms. The molecule has 0 saturated heterocycles. The van der Waals surface area contributed by atoms with E-state index in [1.807, 2.05) is 19.0 Å². The van der Waals surface area contributed by atoms with Gasteiger partial charge in [-0.2, -0.15) is 4.98 Å². The van der Waals surface area contributed by atoms with Crippen molar-refractivity contribution in [1.82, 2.24) is 14.8 Å². The molecule has 0 atom stereocenters. The van der Waals surface area contributed by atoms with Gasteiger partial charge in [0.2, 0.25) is 5.91 Å².